The molecule has 2 aromatic carbocycles. The molecule has 4 rings (SSSR count). The summed E-state index contributed by atoms with van der Waals surface area (Å²) in [5.74, 6) is 1.55. The maximum absolute atomic E-state index is 12.6. The first kappa shape index (κ1) is 20.7. The molecule has 1 amide bonds. The molecule has 1 unspecified atom stereocenters. The van der Waals surface area contributed by atoms with E-state index in [9.17, 15) is 4.79 Å². The van der Waals surface area contributed by atoms with Crippen molar-refractivity contribution in [1.29, 1.82) is 0 Å². The zero-order chi connectivity index (χ0) is 21.1. The summed E-state index contributed by atoms with van der Waals surface area (Å²) in [6.45, 7) is 5.04. The molecule has 0 saturated carbocycles. The number of nitrogens with zero attached hydrogens (tertiary/aromatic N) is 3. The highest BCUT2D eigenvalue weighted by molar-refractivity contribution is 9.10. The number of thioether (sulfide) groups is 1. The Morgan fingerprint density at radius 3 is 2.67 bits per heavy atom. The molecule has 0 saturated heterocycles. The Morgan fingerprint density at radius 1 is 1.23 bits per heavy atom. The lowest BCUT2D eigenvalue weighted by molar-refractivity contribution is -0.119. The molecule has 7 nitrogen and oxygen atoms in total. The van der Waals surface area contributed by atoms with Gasteiger partial charge < -0.3 is 14.8 Å². The largest absolute Gasteiger partial charge is 0.486 e. The number of hydrogen-bond acceptors (Lipinski definition) is 6. The first-order valence-electron chi connectivity index (χ1n) is 9.49. The maximum atomic E-state index is 12.6. The Bertz CT molecular complexity index is 1050. The van der Waals surface area contributed by atoms with Gasteiger partial charge in [-0.15, -0.1) is 10.2 Å². The number of aryl methyl sites for hydroxylation is 1. The van der Waals surface area contributed by atoms with Crippen LogP contribution in [0.4, 0.5) is 0 Å². The molecule has 0 spiro atoms. The molecule has 9 heteroatoms. The molecule has 1 aromatic heterocycles. The fourth-order valence-corrected chi connectivity index (χ4v) is 4.51. The number of amides is 1. The summed E-state index contributed by atoms with van der Waals surface area (Å²) >= 11 is 4.91. The number of hydrogen-bond donors (Lipinski definition) is 1. The van der Waals surface area contributed by atoms with Crippen LogP contribution in [-0.2, 0) is 4.79 Å². The van der Waals surface area contributed by atoms with Crippen molar-refractivity contribution < 1.29 is 14.3 Å². The van der Waals surface area contributed by atoms with Crippen molar-refractivity contribution >= 4 is 33.6 Å². The van der Waals surface area contributed by atoms with Gasteiger partial charge in [-0.05, 0) is 43.7 Å². The van der Waals surface area contributed by atoms with Crippen LogP contribution in [0.25, 0.3) is 5.69 Å². The molecule has 156 valence electrons. The van der Waals surface area contributed by atoms with Crippen LogP contribution in [0, 0.1) is 6.92 Å². The third-order valence-corrected chi connectivity index (χ3v) is 6.30. The average molecular weight is 489 g/mol. The molecule has 0 radical (unpaired) electrons. The topological polar surface area (TPSA) is 78.3 Å². The molecule has 1 aliphatic rings. The van der Waals surface area contributed by atoms with Gasteiger partial charge in [-0.1, -0.05) is 45.4 Å². The van der Waals surface area contributed by atoms with E-state index in [1.807, 2.05) is 54.8 Å². The molecule has 1 atom stereocenters. The van der Waals surface area contributed by atoms with E-state index in [1.54, 1.807) is 6.33 Å². The van der Waals surface area contributed by atoms with Crippen LogP contribution in [0.15, 0.2) is 52.4 Å². The fourth-order valence-electron chi connectivity index (χ4n) is 3.11. The first-order chi connectivity index (χ1) is 14.5. The van der Waals surface area contributed by atoms with E-state index in [0.717, 1.165) is 15.7 Å². The SMILES string of the molecule is Cc1ccc(-n2cnnc2SCC(=O)NC(C)c2cc3c(cc2Br)OCCO3)cc1. The van der Waals surface area contributed by atoms with Crippen LogP contribution in [0.5, 0.6) is 11.5 Å². The zero-order valence-corrected chi connectivity index (χ0v) is 19.0. The van der Waals surface area contributed by atoms with E-state index >= 15 is 0 Å². The second kappa shape index (κ2) is 9.09. The van der Waals surface area contributed by atoms with Gasteiger partial charge in [-0.2, -0.15) is 0 Å². The van der Waals surface area contributed by atoms with Gasteiger partial charge >= 0.3 is 0 Å². The third-order valence-electron chi connectivity index (χ3n) is 4.67. The lowest BCUT2D eigenvalue weighted by Crippen LogP contribution is -2.28. The van der Waals surface area contributed by atoms with Crippen molar-refractivity contribution in [3.8, 4) is 17.2 Å². The summed E-state index contributed by atoms with van der Waals surface area (Å²) in [5.41, 5.74) is 3.07. The third kappa shape index (κ3) is 4.62. The van der Waals surface area contributed by atoms with Gasteiger partial charge in [0.05, 0.1) is 11.8 Å². The highest BCUT2D eigenvalue weighted by atomic mass is 79.9. The first-order valence-corrected chi connectivity index (χ1v) is 11.3. The number of fused-ring (bicyclic) bond motifs is 1. The van der Waals surface area contributed by atoms with E-state index in [2.05, 4.69) is 31.4 Å². The molecule has 1 N–H and O–H groups in total. The van der Waals surface area contributed by atoms with Crippen molar-refractivity contribution in [1.82, 2.24) is 20.1 Å². The van der Waals surface area contributed by atoms with Gasteiger partial charge in [0.1, 0.15) is 19.5 Å². The summed E-state index contributed by atoms with van der Waals surface area (Å²) in [5, 5.41) is 11.8. The Balaban J connectivity index is 1.39. The van der Waals surface area contributed by atoms with Crippen molar-refractivity contribution in [3.63, 3.8) is 0 Å². The summed E-state index contributed by atoms with van der Waals surface area (Å²) in [4.78, 5) is 12.6. The number of carbonyl (C=O) groups excluding carboxylic acids is 1. The Labute approximate surface area is 187 Å². The normalized spacial score (nSPS) is 13.7. The monoisotopic (exact) mass is 488 g/mol. The minimum atomic E-state index is -0.196. The van der Waals surface area contributed by atoms with Crippen LogP contribution >= 0.6 is 27.7 Å². The Morgan fingerprint density at radius 2 is 1.93 bits per heavy atom. The average Bonchev–Trinajstić information content (AvgIpc) is 3.21. The summed E-state index contributed by atoms with van der Waals surface area (Å²) in [7, 11) is 0. The number of nitrogens with one attached hydrogen (secondary N) is 1. The predicted octanol–water partition coefficient (Wildman–Crippen LogP) is 4.08. The number of rotatable bonds is 6. The van der Waals surface area contributed by atoms with Crippen LogP contribution < -0.4 is 14.8 Å². The molecular weight excluding hydrogens is 468 g/mol. The lowest BCUT2D eigenvalue weighted by Gasteiger charge is -2.22. The van der Waals surface area contributed by atoms with Crippen molar-refractivity contribution in [3.05, 3.63) is 58.3 Å². The minimum absolute atomic E-state index is 0.0901. The van der Waals surface area contributed by atoms with Gasteiger partial charge in [0.25, 0.3) is 0 Å². The standard InChI is InChI=1S/C21H21BrN4O3S/c1-13-3-5-15(6-4-13)26-12-23-25-21(26)30-11-20(27)24-14(2)16-9-18-19(10-17(16)22)29-8-7-28-18/h3-6,9-10,12,14H,7-8,11H2,1-2H3,(H,24,27). The molecule has 1 aliphatic heterocycles. The van der Waals surface area contributed by atoms with Gasteiger partial charge in [0.2, 0.25) is 5.91 Å². The molecular formula is C21H21BrN4O3S. The van der Waals surface area contributed by atoms with E-state index in [0.29, 0.717) is 29.9 Å². The van der Waals surface area contributed by atoms with Crippen molar-refractivity contribution in [2.75, 3.05) is 19.0 Å². The Kier molecular flexibility index (Phi) is 6.29. The number of aromatic nitrogens is 3. The summed E-state index contributed by atoms with van der Waals surface area (Å²) < 4.78 is 14.0. The molecule has 0 fully saturated rings. The molecule has 2 heterocycles. The number of benzene rings is 2. The minimum Gasteiger partial charge on any atom is -0.486 e. The van der Waals surface area contributed by atoms with E-state index < -0.39 is 0 Å². The fraction of sp³-hybridized carbons (Fsp3) is 0.286. The van der Waals surface area contributed by atoms with Gasteiger partial charge in [0.15, 0.2) is 16.7 Å². The van der Waals surface area contributed by atoms with Gasteiger partial charge in [-0.25, -0.2) is 0 Å². The Hall–Kier alpha value is -2.52. The lowest BCUT2D eigenvalue weighted by atomic mass is 10.1. The van der Waals surface area contributed by atoms with Crippen LogP contribution in [0.1, 0.15) is 24.1 Å². The highest BCUT2D eigenvalue weighted by Gasteiger charge is 2.19. The van der Waals surface area contributed by atoms with Crippen molar-refractivity contribution in [2.45, 2.75) is 25.0 Å². The highest BCUT2D eigenvalue weighted by Crippen LogP contribution is 2.37. The summed E-state index contributed by atoms with van der Waals surface area (Å²) in [6.07, 6.45) is 1.65. The molecule has 0 aliphatic carbocycles. The number of ether oxygens (including phenoxy) is 2. The second-order valence-corrected chi connectivity index (χ2v) is 8.71. The number of carbonyl (C=O) groups is 1. The molecule has 3 aromatic rings. The van der Waals surface area contributed by atoms with Crippen molar-refractivity contribution in [2.24, 2.45) is 0 Å². The quantitative estimate of drug-likeness (QED) is 0.526. The van der Waals surface area contributed by atoms with Gasteiger partial charge in [0, 0.05) is 10.2 Å². The smallest absolute Gasteiger partial charge is 0.230 e. The van der Waals surface area contributed by atoms with Gasteiger partial charge in [-0.3, -0.25) is 9.36 Å². The zero-order valence-electron chi connectivity index (χ0n) is 16.6. The van der Waals surface area contributed by atoms with E-state index in [-0.39, 0.29) is 17.7 Å². The van der Waals surface area contributed by atoms with E-state index in [1.165, 1.54) is 17.3 Å². The van der Waals surface area contributed by atoms with Crippen LogP contribution in [-0.4, -0.2) is 39.6 Å². The molecule has 30 heavy (non-hydrogen) atoms. The number of halogens is 1. The second-order valence-electron chi connectivity index (χ2n) is 6.91. The van der Waals surface area contributed by atoms with Crippen LogP contribution in [0.2, 0.25) is 0 Å². The summed E-state index contributed by atoms with van der Waals surface area (Å²) in [6, 6.07) is 11.7. The maximum Gasteiger partial charge on any atom is 0.230 e. The van der Waals surface area contributed by atoms with Crippen LogP contribution in [0.3, 0.4) is 0 Å². The predicted molar refractivity (Wildman–Crippen MR) is 119 cm³/mol. The van der Waals surface area contributed by atoms with E-state index in [4.69, 9.17) is 9.47 Å². The molecule has 0 bridgehead atoms.